The van der Waals surface area contributed by atoms with Crippen LogP contribution >= 0.6 is 0 Å². The van der Waals surface area contributed by atoms with Crippen molar-refractivity contribution in [3.8, 4) is 0 Å². The van der Waals surface area contributed by atoms with Gasteiger partial charge in [-0.1, -0.05) is 135 Å². The van der Waals surface area contributed by atoms with Crippen LogP contribution in [0.1, 0.15) is 181 Å². The molecule has 0 atom stereocenters. The van der Waals surface area contributed by atoms with Crippen molar-refractivity contribution >= 4 is 32.1 Å². The summed E-state index contributed by atoms with van der Waals surface area (Å²) in [4.78, 5) is 44.3. The number of unbranched alkanes of at least 4 members (excludes halogenated alkanes) is 22. The van der Waals surface area contributed by atoms with E-state index in [9.17, 15) is 19.2 Å². The van der Waals surface area contributed by atoms with Gasteiger partial charge in [0, 0.05) is 19.8 Å². The van der Waals surface area contributed by atoms with Crippen LogP contribution in [0.3, 0.4) is 0 Å². The van der Waals surface area contributed by atoms with Gasteiger partial charge in [-0.15, -0.1) is 0 Å². The van der Waals surface area contributed by atoms with Crippen LogP contribution in [0.25, 0.3) is 0 Å². The summed E-state index contributed by atoms with van der Waals surface area (Å²) in [5.74, 6) is -1.31. The molecular formula is C64H124O22Si. The first-order chi connectivity index (χ1) is 42.6. The standard InChI is InChI=1S/C64H124O22Si/c1-61(65)57-63(67)83-31-27-25-23-21-19-17-15-13-11-9-7-5-6-8-10-12-14-16-18-20-22-24-26-29-81-59-82-60-86-87(3,4)85-32-28-30-69-33-34-70-35-36-71-37-38-72-39-40-73-41-42-74-43-44-75-45-46-76-47-48-77-49-50-78-51-52-79-53-54-80-55-56-84-64(68)58-62(2)66/h5-60H2,1-4H3. The number of hydrogen-bond acceptors (Lipinski definition) is 22. The topological polar surface area (TPSA) is 234 Å². The zero-order valence-corrected chi connectivity index (χ0v) is 56.1. The van der Waals surface area contributed by atoms with E-state index in [2.05, 4.69) is 0 Å². The quantitative estimate of drug-likeness (QED) is 0.0181. The molecule has 0 saturated heterocycles. The van der Waals surface area contributed by atoms with Gasteiger partial charge in [0.1, 0.15) is 44.6 Å². The SMILES string of the molecule is CC(=O)CC(=O)OCCCCCCCCCCCCCCCCCCCCCCCCCOCOCO[Si](C)(C)OCCCOCCOCCOCCOCCOCCOCCOCCOCCOCCOCCOCCOCCOC(=O)CC(C)=O. The molecule has 0 aromatic rings. The molecule has 516 valence electrons. The number of esters is 2. The van der Waals surface area contributed by atoms with Gasteiger partial charge < -0.3 is 84.6 Å². The van der Waals surface area contributed by atoms with E-state index >= 15 is 0 Å². The summed E-state index contributed by atoms with van der Waals surface area (Å²) in [5, 5.41) is 0. The second-order valence-corrected chi connectivity index (χ2v) is 25.1. The third-order valence-corrected chi connectivity index (χ3v) is 14.8. The van der Waals surface area contributed by atoms with Crippen molar-refractivity contribution in [2.24, 2.45) is 0 Å². The number of hydrogen-bond donors (Lipinski definition) is 0. The Morgan fingerprint density at radius 1 is 0.218 bits per heavy atom. The van der Waals surface area contributed by atoms with Crippen molar-refractivity contribution in [2.45, 2.75) is 194 Å². The Kier molecular flexibility index (Phi) is 69.5. The number of ketones is 2. The average molecular weight is 1270 g/mol. The highest BCUT2D eigenvalue weighted by atomic mass is 28.4. The fourth-order valence-corrected chi connectivity index (χ4v) is 9.39. The molecule has 0 heterocycles. The molecule has 0 aliphatic heterocycles. The Bertz CT molecular complexity index is 1450. The molecule has 0 spiro atoms. The molecular weight excluding hydrogens is 1150 g/mol. The van der Waals surface area contributed by atoms with Crippen LogP contribution in [0.2, 0.25) is 13.1 Å². The average Bonchev–Trinajstić information content (AvgIpc) is 3.56. The summed E-state index contributed by atoms with van der Waals surface area (Å²) < 4.78 is 99.1. The lowest BCUT2D eigenvalue weighted by Crippen LogP contribution is -2.36. The van der Waals surface area contributed by atoms with Crippen LogP contribution in [0, 0.1) is 0 Å². The fraction of sp³-hybridized carbons (Fsp3) is 0.938. The third kappa shape index (κ3) is 76.2. The molecule has 0 aromatic heterocycles. The number of Topliss-reactive ketones (excluding diaryl/α,β-unsaturated/α-hetero) is 2. The Morgan fingerprint density at radius 3 is 0.736 bits per heavy atom. The minimum Gasteiger partial charge on any atom is -0.465 e. The molecule has 0 saturated carbocycles. The molecule has 0 amide bonds. The first-order valence-corrected chi connectivity index (χ1v) is 36.1. The molecule has 0 bridgehead atoms. The minimum atomic E-state index is -2.29. The molecule has 87 heavy (non-hydrogen) atoms. The van der Waals surface area contributed by atoms with Crippen LogP contribution in [-0.4, -0.2) is 231 Å². The highest BCUT2D eigenvalue weighted by molar-refractivity contribution is 6.64. The third-order valence-electron chi connectivity index (χ3n) is 13.1. The second kappa shape index (κ2) is 71.3. The van der Waals surface area contributed by atoms with Crippen LogP contribution in [0.4, 0.5) is 0 Å². The van der Waals surface area contributed by atoms with Gasteiger partial charge in [0.05, 0.1) is 159 Å². The Labute approximate surface area is 526 Å². The molecule has 0 fully saturated rings. The van der Waals surface area contributed by atoms with Gasteiger partial charge in [-0.25, -0.2) is 0 Å². The first-order valence-electron chi connectivity index (χ1n) is 33.3. The van der Waals surface area contributed by atoms with Crippen molar-refractivity contribution in [3.63, 3.8) is 0 Å². The fourth-order valence-electron chi connectivity index (χ4n) is 8.30. The van der Waals surface area contributed by atoms with E-state index < -0.39 is 20.5 Å². The number of rotatable bonds is 76. The molecule has 0 rings (SSSR count). The van der Waals surface area contributed by atoms with E-state index in [1.54, 1.807) is 0 Å². The van der Waals surface area contributed by atoms with Gasteiger partial charge in [0.15, 0.2) is 0 Å². The molecule has 0 aliphatic carbocycles. The summed E-state index contributed by atoms with van der Waals surface area (Å²) >= 11 is 0. The molecule has 22 nitrogen and oxygen atoms in total. The van der Waals surface area contributed by atoms with Gasteiger partial charge >= 0.3 is 20.5 Å². The summed E-state index contributed by atoms with van der Waals surface area (Å²) in [6, 6.07) is 0. The lowest BCUT2D eigenvalue weighted by molar-refractivity contribution is -0.148. The predicted octanol–water partition coefficient (Wildman–Crippen LogP) is 10.3. The predicted molar refractivity (Wildman–Crippen MR) is 334 cm³/mol. The van der Waals surface area contributed by atoms with E-state index in [1.165, 1.54) is 142 Å². The summed E-state index contributed by atoms with van der Waals surface area (Å²) in [6.07, 6.45) is 30.4. The first kappa shape index (κ1) is 84.9. The van der Waals surface area contributed by atoms with Crippen molar-refractivity contribution in [1.82, 2.24) is 0 Å². The summed E-state index contributed by atoms with van der Waals surface area (Å²) in [7, 11) is -2.29. The lowest BCUT2D eigenvalue weighted by atomic mass is 10.0. The van der Waals surface area contributed by atoms with Crippen molar-refractivity contribution in [1.29, 1.82) is 0 Å². The Balaban J connectivity index is 3.22. The van der Waals surface area contributed by atoms with Crippen molar-refractivity contribution in [3.05, 3.63) is 0 Å². The Morgan fingerprint density at radius 2 is 0.448 bits per heavy atom. The van der Waals surface area contributed by atoms with Crippen molar-refractivity contribution in [2.75, 3.05) is 199 Å². The second-order valence-electron chi connectivity index (χ2n) is 21.8. The van der Waals surface area contributed by atoms with Gasteiger partial charge in [-0.3, -0.25) is 19.2 Å². The zero-order chi connectivity index (χ0) is 63.1. The van der Waals surface area contributed by atoms with E-state index in [-0.39, 0.29) is 51.2 Å². The van der Waals surface area contributed by atoms with Crippen LogP contribution < -0.4 is 0 Å². The highest BCUT2D eigenvalue weighted by Gasteiger charge is 2.24. The Hall–Kier alpha value is -2.14. The lowest BCUT2D eigenvalue weighted by Gasteiger charge is -2.22. The van der Waals surface area contributed by atoms with E-state index in [4.69, 9.17) is 84.6 Å². The van der Waals surface area contributed by atoms with E-state index in [0.717, 1.165) is 32.3 Å². The van der Waals surface area contributed by atoms with Gasteiger partial charge in [-0.2, -0.15) is 0 Å². The maximum Gasteiger partial charge on any atom is 0.333 e. The number of carbonyl (C=O) groups excluding carboxylic acids is 4. The monoisotopic (exact) mass is 1270 g/mol. The van der Waals surface area contributed by atoms with E-state index in [0.29, 0.717) is 165 Å². The molecule has 23 heteroatoms. The summed E-state index contributed by atoms with van der Waals surface area (Å²) in [6.45, 7) is 20.2. The number of carbonyl (C=O) groups is 4. The smallest absolute Gasteiger partial charge is 0.333 e. The maximum atomic E-state index is 11.4. The van der Waals surface area contributed by atoms with Gasteiger partial charge in [0.25, 0.3) is 0 Å². The van der Waals surface area contributed by atoms with Crippen LogP contribution in [0.15, 0.2) is 0 Å². The van der Waals surface area contributed by atoms with Crippen LogP contribution in [-0.2, 0) is 104 Å². The molecule has 0 radical (unpaired) electrons. The van der Waals surface area contributed by atoms with Crippen LogP contribution in [0.5, 0.6) is 0 Å². The minimum absolute atomic E-state index is 0.102. The van der Waals surface area contributed by atoms with E-state index in [1.807, 2.05) is 13.1 Å². The largest absolute Gasteiger partial charge is 0.465 e. The zero-order valence-electron chi connectivity index (χ0n) is 55.1. The van der Waals surface area contributed by atoms with Crippen molar-refractivity contribution < 1.29 is 104 Å². The normalized spacial score (nSPS) is 11.7. The van der Waals surface area contributed by atoms with Gasteiger partial charge in [-0.05, 0) is 46.2 Å². The molecule has 0 unspecified atom stereocenters. The maximum absolute atomic E-state index is 11.4. The molecule has 0 N–H and O–H groups in total. The molecule has 0 aliphatic rings. The van der Waals surface area contributed by atoms with Gasteiger partial charge in [0.2, 0.25) is 0 Å². The molecule has 0 aromatic carbocycles. The summed E-state index contributed by atoms with van der Waals surface area (Å²) in [5.41, 5.74) is 0. The number of ether oxygens (including phenoxy) is 16. The highest BCUT2D eigenvalue weighted by Crippen LogP contribution is 2.16.